The van der Waals surface area contributed by atoms with Gasteiger partial charge in [-0.25, -0.2) is 4.79 Å². The van der Waals surface area contributed by atoms with Gasteiger partial charge >= 0.3 is 5.97 Å². The molecule has 0 heterocycles. The van der Waals surface area contributed by atoms with Crippen LogP contribution in [0.4, 0.5) is 0 Å². The fourth-order valence-electron chi connectivity index (χ4n) is 2.80. The van der Waals surface area contributed by atoms with E-state index in [1.165, 1.54) is 24.5 Å². The Morgan fingerprint density at radius 2 is 1.55 bits per heavy atom. The summed E-state index contributed by atoms with van der Waals surface area (Å²) in [4.78, 5) is 31.8. The number of amides is 1. The van der Waals surface area contributed by atoms with Crippen molar-refractivity contribution in [1.29, 1.82) is 0 Å². The van der Waals surface area contributed by atoms with Crippen molar-refractivity contribution in [2.45, 2.75) is 19.4 Å². The molecule has 0 aliphatic carbocycles. The molecule has 0 aromatic heterocycles. The molecule has 0 saturated heterocycles. The van der Waals surface area contributed by atoms with Gasteiger partial charge in [0, 0.05) is 0 Å². The average Bonchev–Trinajstić information content (AvgIpc) is 2.80. The van der Waals surface area contributed by atoms with Crippen molar-refractivity contribution in [3.8, 4) is 16.9 Å². The second-order valence-electron chi connectivity index (χ2n) is 7.00. The minimum atomic E-state index is -1.05. The molecule has 0 saturated carbocycles. The van der Waals surface area contributed by atoms with Gasteiger partial charge in [-0.2, -0.15) is 31.0 Å². The fourth-order valence-corrected chi connectivity index (χ4v) is 2.80. The first-order valence-electron chi connectivity index (χ1n) is 9.93. The molecule has 1 amide bonds. The maximum atomic E-state index is 11.3. The Balaban J connectivity index is 0.000000339. The monoisotopic (exact) mass is 683 g/mol. The molecule has 0 aliphatic heterocycles. The number of nitrogens with one attached hydrogen (secondary N) is 1. The number of rotatable bonds is 9. The number of aliphatic carboxylic acids is 1. The van der Waals surface area contributed by atoms with Crippen molar-refractivity contribution >= 4 is 18.2 Å². The second-order valence-corrected chi connectivity index (χ2v) is 7.00. The number of carbonyl (C=O) groups is 2. The smallest absolute Gasteiger partial charge is 0.341 e. The van der Waals surface area contributed by atoms with Crippen LogP contribution >= 0.6 is 0 Å². The van der Waals surface area contributed by atoms with Gasteiger partial charge in [-0.3, -0.25) is 4.79 Å². The van der Waals surface area contributed by atoms with Crippen LogP contribution in [0, 0.1) is 6.92 Å². The molecule has 6 nitrogen and oxygen atoms in total. The first-order valence-corrected chi connectivity index (χ1v) is 9.93. The van der Waals surface area contributed by atoms with Gasteiger partial charge in [0.15, 0.2) is 6.61 Å². The molecule has 1 atom stereocenters. The van der Waals surface area contributed by atoms with E-state index in [-0.39, 0.29) is 5.78 Å². The third kappa shape index (κ3) is 9.09. The van der Waals surface area contributed by atoms with Crippen LogP contribution in [0.1, 0.15) is 18.1 Å². The topological polar surface area (TPSA) is 92.7 Å². The van der Waals surface area contributed by atoms with Crippen molar-refractivity contribution in [3.63, 3.8) is 0 Å². The molecule has 3 aromatic rings. The van der Waals surface area contributed by atoms with E-state index in [0.29, 0.717) is 12.2 Å². The summed E-state index contributed by atoms with van der Waals surface area (Å²) in [5, 5.41) is 10.8. The molecule has 0 unspecified atom stereocenters. The van der Waals surface area contributed by atoms with Gasteiger partial charge in [0.2, 0.25) is 0 Å². The zero-order valence-corrected chi connectivity index (χ0v) is 20.6. The van der Waals surface area contributed by atoms with Crippen LogP contribution in [0.25, 0.3) is 11.1 Å². The molecular formula is C26H25EsNO5-2. The SMILES string of the molecule is CC(=O)[C@H](Cc1ccc(OCC(=O)O)cc1)N[C-]=O.[CH2-]c1ccc(-c2ccccc2)cc1.[Es]. The predicted octanol–water partition coefficient (Wildman–Crippen LogP) is 3.84. The largest absolute Gasteiger partial charge is 0.521 e. The molecule has 0 fully saturated rings. The van der Waals surface area contributed by atoms with Crippen molar-refractivity contribution in [1.82, 2.24) is 5.32 Å². The summed E-state index contributed by atoms with van der Waals surface area (Å²) in [7, 11) is 0. The number of benzene rings is 3. The molecular weight excluding hydrogens is 658 g/mol. The molecule has 1 radical (unpaired) electrons. The minimum absolute atomic E-state index is 0. The summed E-state index contributed by atoms with van der Waals surface area (Å²) < 4.78 is 4.98. The van der Waals surface area contributed by atoms with Gasteiger partial charge in [0.1, 0.15) is 11.5 Å². The molecule has 3 aromatic carbocycles. The maximum absolute atomic E-state index is 11.3. The van der Waals surface area contributed by atoms with E-state index in [1.54, 1.807) is 24.3 Å². The van der Waals surface area contributed by atoms with E-state index >= 15 is 0 Å². The quantitative estimate of drug-likeness (QED) is 0.265. The van der Waals surface area contributed by atoms with Crippen LogP contribution in [-0.4, -0.2) is 35.9 Å². The third-order valence-corrected chi connectivity index (χ3v) is 4.51. The van der Waals surface area contributed by atoms with E-state index in [0.717, 1.165) is 11.1 Å². The zero-order chi connectivity index (χ0) is 23.3. The summed E-state index contributed by atoms with van der Waals surface area (Å²) in [5.74, 6) is -0.776. The molecule has 0 bridgehead atoms. The Morgan fingerprint density at radius 3 is 2.06 bits per heavy atom. The summed E-state index contributed by atoms with van der Waals surface area (Å²) in [5.41, 5.74) is 4.38. The molecule has 177 valence electrons. The van der Waals surface area contributed by atoms with Gasteiger partial charge in [-0.15, -0.1) is 12.1 Å². The van der Waals surface area contributed by atoms with Crippen molar-refractivity contribution in [3.05, 3.63) is 96.9 Å². The zero-order valence-electron chi connectivity index (χ0n) is 18.1. The number of ether oxygens (including phenoxy) is 1. The molecule has 7 heteroatoms. The second kappa shape index (κ2) is 13.3. The summed E-state index contributed by atoms with van der Waals surface area (Å²) >= 11 is 0. The Bertz CT molecular complexity index is 1010. The Hall–Kier alpha value is -5.06. The molecule has 2 N–H and O–H groups in total. The Morgan fingerprint density at radius 1 is 0.970 bits per heavy atom. The standard InChI is InChI=1S/C13H14NO5.C13H11.Es/c1-9(16)12(14-8-15)6-10-2-4-11(5-3-10)19-7-13(17)18;1-11-7-9-13(10-8-11)12-5-3-2-4-6-12;/h2-5,12H,6-7H2,1H3,(H,14,15)(H,17,18);2-10H,1H2;/q2*-1;/t12-;;/m0../s1. The summed E-state index contributed by atoms with van der Waals surface area (Å²) in [6.07, 6.45) is 1.85. The normalized spacial score (nSPS) is 10.5. The number of carboxylic acid groups (broad SMARTS) is 1. The number of carbonyl (C=O) groups excluding carboxylic acids is 2. The van der Waals surface area contributed by atoms with Crippen LogP contribution in [0.3, 0.4) is 0 Å². The number of hydrogen-bond donors (Lipinski definition) is 2. The van der Waals surface area contributed by atoms with Crippen LogP contribution in [0.2, 0.25) is 0 Å². The number of ketones is 1. The fraction of sp³-hybridized carbons (Fsp3) is 0.154. The molecule has 0 spiro atoms. The van der Waals surface area contributed by atoms with Crippen molar-refractivity contribution in [2.24, 2.45) is 0 Å². The van der Waals surface area contributed by atoms with E-state index in [2.05, 4.69) is 36.5 Å². The Labute approximate surface area is 187 Å². The van der Waals surface area contributed by atoms with Gasteiger partial charge in [-0.1, -0.05) is 42.5 Å². The maximum Gasteiger partial charge on any atom is 0.341 e. The molecule has 33 heavy (non-hydrogen) atoms. The van der Waals surface area contributed by atoms with E-state index in [9.17, 15) is 14.4 Å². The van der Waals surface area contributed by atoms with Gasteiger partial charge < -0.3 is 20.0 Å². The van der Waals surface area contributed by atoms with Crippen LogP contribution in [-0.2, 0) is 20.8 Å². The van der Waals surface area contributed by atoms with Gasteiger partial charge in [0.05, 0.1) is 6.04 Å². The van der Waals surface area contributed by atoms with Crippen LogP contribution in [0.15, 0.2) is 78.9 Å². The van der Waals surface area contributed by atoms with E-state index in [1.807, 2.05) is 30.3 Å². The van der Waals surface area contributed by atoms with Crippen molar-refractivity contribution < 1.29 is 24.2 Å². The van der Waals surface area contributed by atoms with Gasteiger partial charge in [0.25, 0.3) is 0 Å². The minimum Gasteiger partial charge on any atom is -0.521 e. The number of carboxylic acids is 1. The third-order valence-electron chi connectivity index (χ3n) is 4.51. The van der Waals surface area contributed by atoms with E-state index in [4.69, 9.17) is 9.84 Å². The van der Waals surface area contributed by atoms with Gasteiger partial charge in [-0.05, 0) is 42.2 Å². The molecule has 0 aliphatic rings. The van der Waals surface area contributed by atoms with Crippen LogP contribution in [0.5, 0.6) is 5.75 Å². The number of Topliss-reactive ketones (excluding diaryl/α,β-unsaturated/α-hetero) is 1. The summed E-state index contributed by atoms with van der Waals surface area (Å²) in [6.45, 7) is 4.84. The first kappa shape index (κ1) is 26.0. The van der Waals surface area contributed by atoms with Crippen LogP contribution < -0.4 is 10.1 Å². The summed E-state index contributed by atoms with van der Waals surface area (Å²) in [6, 6.07) is 24.6. The first-order chi connectivity index (χ1) is 15.4. The Kier molecular flexibility index (Phi) is 10.5. The van der Waals surface area contributed by atoms with E-state index < -0.39 is 18.6 Å². The number of hydrogen-bond acceptors (Lipinski definition) is 4. The average molecular weight is 683 g/mol. The predicted molar refractivity (Wildman–Crippen MR) is 123 cm³/mol. The van der Waals surface area contributed by atoms with Crippen molar-refractivity contribution in [2.75, 3.05) is 6.61 Å². The molecule has 3 rings (SSSR count).